The standard InChI is InChI=1S/C6H14BO/c1-6(2)4-5-7-8-3/h6H,4-5H2,1-3H3. The van der Waals surface area contributed by atoms with Crippen LogP contribution >= 0.6 is 0 Å². The van der Waals surface area contributed by atoms with Crippen molar-refractivity contribution in [2.45, 2.75) is 26.6 Å². The highest BCUT2D eigenvalue weighted by Crippen LogP contribution is 2.02. The van der Waals surface area contributed by atoms with Crippen molar-refractivity contribution in [3.8, 4) is 0 Å². The summed E-state index contributed by atoms with van der Waals surface area (Å²) in [7, 11) is 3.54. The van der Waals surface area contributed by atoms with E-state index in [2.05, 4.69) is 13.8 Å². The highest BCUT2D eigenvalue weighted by molar-refractivity contribution is 6.26. The predicted octanol–water partition coefficient (Wildman–Crippen LogP) is 1.72. The van der Waals surface area contributed by atoms with E-state index in [1.807, 2.05) is 7.48 Å². The summed E-state index contributed by atoms with van der Waals surface area (Å²) in [5.41, 5.74) is 0. The van der Waals surface area contributed by atoms with Gasteiger partial charge in [-0.05, 0) is 5.92 Å². The van der Waals surface area contributed by atoms with Crippen LogP contribution in [0.5, 0.6) is 0 Å². The molecule has 0 aliphatic carbocycles. The minimum absolute atomic E-state index is 0.793. The van der Waals surface area contributed by atoms with E-state index in [4.69, 9.17) is 4.65 Å². The van der Waals surface area contributed by atoms with Crippen molar-refractivity contribution in [2.24, 2.45) is 5.92 Å². The zero-order chi connectivity index (χ0) is 6.41. The Bertz CT molecular complexity index is 45.8. The van der Waals surface area contributed by atoms with E-state index in [1.165, 1.54) is 6.42 Å². The van der Waals surface area contributed by atoms with E-state index in [-0.39, 0.29) is 0 Å². The molecule has 8 heavy (non-hydrogen) atoms. The average molecular weight is 113 g/mol. The van der Waals surface area contributed by atoms with Crippen LogP contribution in [0.4, 0.5) is 0 Å². The quantitative estimate of drug-likeness (QED) is 0.398. The molecule has 0 amide bonds. The van der Waals surface area contributed by atoms with Crippen LogP contribution in [0.25, 0.3) is 0 Å². The van der Waals surface area contributed by atoms with Crippen molar-refractivity contribution in [1.29, 1.82) is 0 Å². The monoisotopic (exact) mass is 113 g/mol. The molecular weight excluding hydrogens is 98.9 g/mol. The van der Waals surface area contributed by atoms with Gasteiger partial charge in [-0.25, -0.2) is 0 Å². The highest BCUT2D eigenvalue weighted by atomic mass is 16.4. The van der Waals surface area contributed by atoms with Gasteiger partial charge in [0.05, 0.1) is 0 Å². The summed E-state index contributed by atoms with van der Waals surface area (Å²) >= 11 is 0. The molecule has 0 saturated heterocycles. The Balaban J connectivity index is 2.72. The molecule has 0 fully saturated rings. The highest BCUT2D eigenvalue weighted by Gasteiger charge is 1.93. The van der Waals surface area contributed by atoms with Crippen molar-refractivity contribution in [3.63, 3.8) is 0 Å². The maximum Gasteiger partial charge on any atom is 0.291 e. The van der Waals surface area contributed by atoms with Crippen LogP contribution in [-0.4, -0.2) is 14.6 Å². The molecule has 0 aromatic carbocycles. The summed E-state index contributed by atoms with van der Waals surface area (Å²) in [6.45, 7) is 4.42. The molecular formula is C6H14BO. The Hall–Kier alpha value is 0.0249. The van der Waals surface area contributed by atoms with Gasteiger partial charge in [0.25, 0.3) is 7.48 Å². The van der Waals surface area contributed by atoms with Crippen molar-refractivity contribution >= 4 is 7.48 Å². The first-order valence-corrected chi connectivity index (χ1v) is 3.12. The maximum absolute atomic E-state index is 4.77. The normalized spacial score (nSPS) is 10.0. The van der Waals surface area contributed by atoms with Gasteiger partial charge in [-0.1, -0.05) is 26.6 Å². The van der Waals surface area contributed by atoms with Crippen LogP contribution in [0.1, 0.15) is 20.3 Å². The number of rotatable bonds is 4. The minimum Gasteiger partial charge on any atom is -0.443 e. The summed E-state index contributed by atoms with van der Waals surface area (Å²) < 4.78 is 4.77. The summed E-state index contributed by atoms with van der Waals surface area (Å²) in [6, 6.07) is 0. The maximum atomic E-state index is 4.77. The molecule has 0 saturated carbocycles. The zero-order valence-electron chi connectivity index (χ0n) is 5.98. The van der Waals surface area contributed by atoms with E-state index < -0.39 is 0 Å². The Morgan fingerprint density at radius 3 is 2.50 bits per heavy atom. The predicted molar refractivity (Wildman–Crippen MR) is 37.0 cm³/mol. The van der Waals surface area contributed by atoms with Gasteiger partial charge < -0.3 is 4.65 Å². The lowest BCUT2D eigenvalue weighted by Gasteiger charge is -1.99. The largest absolute Gasteiger partial charge is 0.443 e. The van der Waals surface area contributed by atoms with E-state index in [1.54, 1.807) is 7.11 Å². The summed E-state index contributed by atoms with van der Waals surface area (Å²) in [5.74, 6) is 0.793. The van der Waals surface area contributed by atoms with Gasteiger partial charge in [0.2, 0.25) is 0 Å². The third-order valence-electron chi connectivity index (χ3n) is 1.03. The molecule has 0 aromatic rings. The molecule has 0 spiro atoms. The second kappa shape index (κ2) is 5.17. The van der Waals surface area contributed by atoms with Crippen molar-refractivity contribution in [1.82, 2.24) is 0 Å². The first-order valence-electron chi connectivity index (χ1n) is 3.12. The van der Waals surface area contributed by atoms with Gasteiger partial charge in [-0.3, -0.25) is 0 Å². The van der Waals surface area contributed by atoms with Crippen LogP contribution in [0, 0.1) is 5.92 Å². The second-order valence-corrected chi connectivity index (χ2v) is 2.37. The third-order valence-corrected chi connectivity index (χ3v) is 1.03. The van der Waals surface area contributed by atoms with E-state index in [0.29, 0.717) is 0 Å². The number of hydrogen-bond acceptors (Lipinski definition) is 1. The Morgan fingerprint density at radius 1 is 1.50 bits per heavy atom. The molecule has 0 atom stereocenters. The zero-order valence-corrected chi connectivity index (χ0v) is 5.98. The number of hydrogen-bond donors (Lipinski definition) is 0. The van der Waals surface area contributed by atoms with Gasteiger partial charge in [0, 0.05) is 7.11 Å². The van der Waals surface area contributed by atoms with Crippen LogP contribution in [0.2, 0.25) is 6.32 Å². The summed E-state index contributed by atoms with van der Waals surface area (Å²) in [6.07, 6.45) is 2.31. The molecule has 2 heteroatoms. The lowest BCUT2D eigenvalue weighted by molar-refractivity contribution is 0.435. The lowest BCUT2D eigenvalue weighted by atomic mass is 9.89. The summed E-state index contributed by atoms with van der Waals surface area (Å²) in [4.78, 5) is 0. The molecule has 0 bridgehead atoms. The van der Waals surface area contributed by atoms with Crippen molar-refractivity contribution < 1.29 is 4.65 Å². The smallest absolute Gasteiger partial charge is 0.291 e. The topological polar surface area (TPSA) is 9.23 Å². The molecule has 0 unspecified atom stereocenters. The van der Waals surface area contributed by atoms with Gasteiger partial charge in [-0.15, -0.1) is 0 Å². The molecule has 0 aliphatic heterocycles. The molecule has 1 nitrogen and oxygen atoms in total. The van der Waals surface area contributed by atoms with E-state index >= 15 is 0 Å². The van der Waals surface area contributed by atoms with Crippen molar-refractivity contribution in [3.05, 3.63) is 0 Å². The van der Waals surface area contributed by atoms with E-state index in [0.717, 1.165) is 12.2 Å². The van der Waals surface area contributed by atoms with Crippen LogP contribution in [0.15, 0.2) is 0 Å². The first kappa shape index (κ1) is 8.02. The Morgan fingerprint density at radius 2 is 2.12 bits per heavy atom. The Kier molecular flexibility index (Phi) is 5.18. The molecule has 0 heterocycles. The fourth-order valence-electron chi connectivity index (χ4n) is 0.519. The summed E-state index contributed by atoms with van der Waals surface area (Å²) in [5, 5.41) is 0. The van der Waals surface area contributed by atoms with Gasteiger partial charge >= 0.3 is 0 Å². The molecule has 47 valence electrons. The molecule has 1 radical (unpaired) electrons. The van der Waals surface area contributed by atoms with Gasteiger partial charge in [-0.2, -0.15) is 0 Å². The second-order valence-electron chi connectivity index (χ2n) is 2.37. The van der Waals surface area contributed by atoms with Crippen LogP contribution < -0.4 is 0 Å². The molecule has 0 N–H and O–H groups in total. The molecule has 0 aromatic heterocycles. The SMILES string of the molecule is CO[B]CCC(C)C. The van der Waals surface area contributed by atoms with Crippen LogP contribution in [0.3, 0.4) is 0 Å². The third kappa shape index (κ3) is 6.02. The minimum atomic E-state index is 0.793. The first-order chi connectivity index (χ1) is 3.77. The van der Waals surface area contributed by atoms with E-state index in [9.17, 15) is 0 Å². The lowest BCUT2D eigenvalue weighted by Crippen LogP contribution is -1.95. The Labute approximate surface area is 52.7 Å². The van der Waals surface area contributed by atoms with Crippen LogP contribution in [-0.2, 0) is 4.65 Å². The fourth-order valence-corrected chi connectivity index (χ4v) is 0.519. The van der Waals surface area contributed by atoms with Crippen molar-refractivity contribution in [2.75, 3.05) is 7.11 Å². The average Bonchev–Trinajstić information content (AvgIpc) is 1.66. The molecule has 0 aliphatic rings. The van der Waals surface area contributed by atoms with Gasteiger partial charge in [0.1, 0.15) is 0 Å². The fraction of sp³-hybridized carbons (Fsp3) is 1.00. The molecule has 0 rings (SSSR count). The van der Waals surface area contributed by atoms with Gasteiger partial charge in [0.15, 0.2) is 0 Å².